The molecular weight excluding hydrogens is 372 g/mol. The van der Waals surface area contributed by atoms with Gasteiger partial charge < -0.3 is 23.9 Å². The zero-order chi connectivity index (χ0) is 20.4. The Morgan fingerprint density at radius 3 is 2.79 bits per heavy atom. The summed E-state index contributed by atoms with van der Waals surface area (Å²) in [5.41, 5.74) is 4.16. The smallest absolute Gasteiger partial charge is 0.271 e. The maximum Gasteiger partial charge on any atom is 0.271 e. The largest absolute Gasteiger partial charge is 0.497 e. The van der Waals surface area contributed by atoms with Crippen LogP contribution < -0.4 is 10.1 Å². The number of carbonyl (C=O) groups is 1. The third-order valence-electron chi connectivity index (χ3n) is 5.27. The van der Waals surface area contributed by atoms with Crippen LogP contribution in [0.4, 0.5) is 0 Å². The Labute approximate surface area is 168 Å². The van der Waals surface area contributed by atoms with Crippen LogP contribution in [0.5, 0.6) is 5.75 Å². The fraction of sp³-hybridized carbons (Fsp3) is 0.381. The second-order valence-electron chi connectivity index (χ2n) is 7.07. The van der Waals surface area contributed by atoms with E-state index in [0.29, 0.717) is 31.8 Å². The third-order valence-corrected chi connectivity index (χ3v) is 5.27. The molecule has 3 aromatic rings. The van der Waals surface area contributed by atoms with Gasteiger partial charge in [0.05, 0.1) is 38.0 Å². The van der Waals surface area contributed by atoms with Gasteiger partial charge in [0.1, 0.15) is 17.6 Å². The normalized spacial score (nSPS) is 15.8. The molecule has 1 aliphatic rings. The maximum atomic E-state index is 12.6. The van der Waals surface area contributed by atoms with E-state index >= 15 is 0 Å². The minimum atomic E-state index is -0.197. The van der Waals surface area contributed by atoms with Gasteiger partial charge in [0.15, 0.2) is 5.69 Å². The average molecular weight is 396 g/mol. The van der Waals surface area contributed by atoms with Crippen LogP contribution in [-0.2, 0) is 24.3 Å². The molecule has 29 heavy (non-hydrogen) atoms. The number of aromatic nitrogens is 3. The first-order valence-electron chi connectivity index (χ1n) is 9.56. The molecule has 0 spiro atoms. The lowest BCUT2D eigenvalue weighted by Gasteiger charge is -2.25. The molecule has 4 rings (SSSR count). The van der Waals surface area contributed by atoms with Gasteiger partial charge in [-0.1, -0.05) is 17.3 Å². The van der Waals surface area contributed by atoms with Gasteiger partial charge in [0.25, 0.3) is 5.91 Å². The Hall–Kier alpha value is -3.13. The number of carbonyl (C=O) groups excluding carboxylic acids is 1. The fourth-order valence-corrected chi connectivity index (χ4v) is 3.58. The van der Waals surface area contributed by atoms with Crippen molar-refractivity contribution in [2.45, 2.75) is 39.5 Å². The molecule has 1 N–H and O–H groups in total. The Morgan fingerprint density at radius 1 is 1.31 bits per heavy atom. The van der Waals surface area contributed by atoms with Crippen molar-refractivity contribution >= 4 is 5.91 Å². The van der Waals surface area contributed by atoms with Crippen LogP contribution in [0.3, 0.4) is 0 Å². The Balaban J connectivity index is 1.39. The second-order valence-corrected chi connectivity index (χ2v) is 7.07. The molecule has 8 heteroatoms. The molecule has 0 fully saturated rings. The third kappa shape index (κ3) is 3.88. The summed E-state index contributed by atoms with van der Waals surface area (Å²) in [5.74, 6) is 1.40. The van der Waals surface area contributed by atoms with Crippen LogP contribution in [0.25, 0.3) is 0 Å². The number of benzene rings is 1. The summed E-state index contributed by atoms with van der Waals surface area (Å²) in [7, 11) is 1.64. The Bertz CT molecular complexity index is 987. The Kier molecular flexibility index (Phi) is 5.35. The molecule has 0 radical (unpaired) electrons. The van der Waals surface area contributed by atoms with Crippen molar-refractivity contribution in [2.24, 2.45) is 0 Å². The molecule has 1 amide bonds. The van der Waals surface area contributed by atoms with Crippen LogP contribution in [-0.4, -0.2) is 34.3 Å². The highest BCUT2D eigenvalue weighted by Gasteiger charge is 2.26. The van der Waals surface area contributed by atoms with Crippen molar-refractivity contribution < 1.29 is 18.8 Å². The van der Waals surface area contributed by atoms with Gasteiger partial charge in [0.2, 0.25) is 0 Å². The lowest BCUT2D eigenvalue weighted by Crippen LogP contribution is -2.29. The summed E-state index contributed by atoms with van der Waals surface area (Å²) in [6, 6.07) is 7.82. The number of ether oxygens (including phenoxy) is 2. The highest BCUT2D eigenvalue weighted by Crippen LogP contribution is 2.28. The lowest BCUT2D eigenvalue weighted by molar-refractivity contribution is 0.00256. The zero-order valence-corrected chi connectivity index (χ0v) is 16.8. The number of amides is 1. The first-order chi connectivity index (χ1) is 14.1. The van der Waals surface area contributed by atoms with E-state index in [0.717, 1.165) is 34.0 Å². The van der Waals surface area contributed by atoms with E-state index in [1.54, 1.807) is 13.4 Å². The molecule has 0 bridgehead atoms. The highest BCUT2D eigenvalue weighted by atomic mass is 16.5. The number of rotatable bonds is 6. The highest BCUT2D eigenvalue weighted by molar-refractivity contribution is 5.93. The number of hydrogen-bond acceptors (Lipinski definition) is 6. The number of imidazole rings is 1. The summed E-state index contributed by atoms with van der Waals surface area (Å²) in [5, 5.41) is 6.87. The predicted octanol–water partition coefficient (Wildman–Crippen LogP) is 2.74. The molecule has 1 aromatic carbocycles. The first-order valence-corrected chi connectivity index (χ1v) is 9.56. The van der Waals surface area contributed by atoms with Crippen molar-refractivity contribution in [3.63, 3.8) is 0 Å². The van der Waals surface area contributed by atoms with E-state index in [1.165, 1.54) is 0 Å². The summed E-state index contributed by atoms with van der Waals surface area (Å²) < 4.78 is 18.4. The average Bonchev–Trinajstić information content (AvgIpc) is 3.31. The first kappa shape index (κ1) is 19.2. The molecule has 1 aliphatic heterocycles. The summed E-state index contributed by atoms with van der Waals surface area (Å²) in [6.07, 6.45) is 2.29. The summed E-state index contributed by atoms with van der Waals surface area (Å²) >= 11 is 0. The van der Waals surface area contributed by atoms with Crippen molar-refractivity contribution in [2.75, 3.05) is 13.7 Å². The standard InChI is InChI=1S/C21H24N4O4/c1-13-17(14(2)29-24-13)8-9-22-21(26)20-18-11-28-19(10-25(18)12-23-20)15-4-6-16(27-3)7-5-15/h4-7,12,19H,8-11H2,1-3H3,(H,22,26)/t19-/m1/s1. The molecule has 0 aliphatic carbocycles. The van der Waals surface area contributed by atoms with Crippen LogP contribution in [0, 0.1) is 13.8 Å². The van der Waals surface area contributed by atoms with Gasteiger partial charge in [-0.15, -0.1) is 0 Å². The molecule has 0 saturated heterocycles. The number of nitrogens with one attached hydrogen (secondary N) is 1. The van der Waals surface area contributed by atoms with Gasteiger partial charge >= 0.3 is 0 Å². The van der Waals surface area contributed by atoms with E-state index in [-0.39, 0.29) is 12.0 Å². The Morgan fingerprint density at radius 2 is 2.10 bits per heavy atom. The quantitative estimate of drug-likeness (QED) is 0.689. The van der Waals surface area contributed by atoms with Gasteiger partial charge in [0, 0.05) is 12.1 Å². The molecule has 2 aromatic heterocycles. The molecular formula is C21H24N4O4. The number of fused-ring (bicyclic) bond motifs is 1. The predicted molar refractivity (Wildman–Crippen MR) is 105 cm³/mol. The van der Waals surface area contributed by atoms with E-state index < -0.39 is 0 Å². The number of nitrogens with zero attached hydrogens (tertiary/aromatic N) is 3. The second kappa shape index (κ2) is 8.08. The topological polar surface area (TPSA) is 91.4 Å². The van der Waals surface area contributed by atoms with Crippen LogP contribution in [0.15, 0.2) is 35.1 Å². The molecule has 1 atom stereocenters. The van der Waals surface area contributed by atoms with Gasteiger partial charge in [-0.3, -0.25) is 4.79 Å². The summed E-state index contributed by atoms with van der Waals surface area (Å²) in [6.45, 7) is 5.21. The maximum absolute atomic E-state index is 12.6. The molecule has 8 nitrogen and oxygen atoms in total. The van der Waals surface area contributed by atoms with Gasteiger partial charge in [-0.05, 0) is 38.0 Å². The monoisotopic (exact) mass is 396 g/mol. The summed E-state index contributed by atoms with van der Waals surface area (Å²) in [4.78, 5) is 16.9. The molecule has 3 heterocycles. The van der Waals surface area contributed by atoms with E-state index in [4.69, 9.17) is 14.0 Å². The molecule has 152 valence electrons. The van der Waals surface area contributed by atoms with Crippen LogP contribution in [0.1, 0.15) is 44.9 Å². The minimum Gasteiger partial charge on any atom is -0.497 e. The SMILES string of the molecule is COc1ccc([C@H]2Cn3cnc(C(=O)NCCc4c(C)noc4C)c3CO2)cc1. The fourth-order valence-electron chi connectivity index (χ4n) is 3.58. The van der Waals surface area contributed by atoms with E-state index in [1.807, 2.05) is 42.7 Å². The lowest BCUT2D eigenvalue weighted by atomic mass is 10.1. The number of aryl methyl sites for hydroxylation is 2. The van der Waals surface area contributed by atoms with Crippen molar-refractivity contribution in [1.29, 1.82) is 0 Å². The van der Waals surface area contributed by atoms with Crippen molar-refractivity contribution in [3.8, 4) is 5.75 Å². The van der Waals surface area contributed by atoms with Crippen LogP contribution in [0.2, 0.25) is 0 Å². The molecule has 0 unspecified atom stereocenters. The van der Waals surface area contributed by atoms with Gasteiger partial charge in [-0.25, -0.2) is 4.98 Å². The van der Waals surface area contributed by atoms with Crippen molar-refractivity contribution in [3.05, 3.63) is 64.6 Å². The zero-order valence-electron chi connectivity index (χ0n) is 16.8. The van der Waals surface area contributed by atoms with Crippen molar-refractivity contribution in [1.82, 2.24) is 20.0 Å². The minimum absolute atomic E-state index is 0.0851. The van der Waals surface area contributed by atoms with E-state index in [9.17, 15) is 4.79 Å². The van der Waals surface area contributed by atoms with E-state index in [2.05, 4.69) is 15.5 Å². The number of methoxy groups -OCH3 is 1. The van der Waals surface area contributed by atoms with Gasteiger partial charge in [-0.2, -0.15) is 0 Å². The van der Waals surface area contributed by atoms with Crippen LogP contribution >= 0.6 is 0 Å². The number of hydrogen-bond donors (Lipinski definition) is 1. The molecule has 0 saturated carbocycles.